The Kier molecular flexibility index (Phi) is 15.2. The van der Waals surface area contributed by atoms with E-state index in [4.69, 9.17) is 9.79 Å². The standard InChI is InChI=1S/C18H37O4P/c1-2-3-4-5-6-7-8-9-10-11-12-13-14-15-16-17-18(19)23(20,21)22/h2-17H2,1H3,(H2,20,21,22). The molecule has 0 heterocycles. The minimum atomic E-state index is -4.48. The molecule has 2 N–H and O–H groups in total. The number of hydrogen-bond donors (Lipinski definition) is 2. The minimum absolute atomic E-state index is 0.0164. The Labute approximate surface area is 142 Å². The first kappa shape index (κ1) is 22.8. The van der Waals surface area contributed by atoms with Gasteiger partial charge in [0.2, 0.25) is 5.52 Å². The van der Waals surface area contributed by atoms with Gasteiger partial charge in [0.25, 0.3) is 0 Å². The van der Waals surface area contributed by atoms with Crippen LogP contribution < -0.4 is 0 Å². The first-order valence-electron chi connectivity index (χ1n) is 9.57. The molecule has 0 bridgehead atoms. The Balaban J connectivity index is 3.14. The molecular weight excluding hydrogens is 311 g/mol. The molecule has 0 aromatic rings. The van der Waals surface area contributed by atoms with Crippen LogP contribution in [0.3, 0.4) is 0 Å². The number of unbranched alkanes of at least 4 members (excludes halogenated alkanes) is 14. The van der Waals surface area contributed by atoms with Crippen molar-refractivity contribution >= 4 is 13.1 Å². The van der Waals surface area contributed by atoms with Crippen molar-refractivity contribution in [2.75, 3.05) is 0 Å². The predicted octanol–water partition coefficient (Wildman–Crippen LogP) is 5.95. The molecule has 4 nitrogen and oxygen atoms in total. The molecule has 0 aromatic heterocycles. The first-order chi connectivity index (χ1) is 11.0. The molecular formula is C18H37O4P. The van der Waals surface area contributed by atoms with Crippen LogP contribution in [-0.4, -0.2) is 15.3 Å². The van der Waals surface area contributed by atoms with Gasteiger partial charge in [0.1, 0.15) is 0 Å². The van der Waals surface area contributed by atoms with Crippen LogP contribution in [0.25, 0.3) is 0 Å². The summed E-state index contributed by atoms with van der Waals surface area (Å²) in [7, 11) is -4.48. The van der Waals surface area contributed by atoms with E-state index < -0.39 is 13.1 Å². The monoisotopic (exact) mass is 348 g/mol. The van der Waals surface area contributed by atoms with Crippen molar-refractivity contribution in [3.63, 3.8) is 0 Å². The van der Waals surface area contributed by atoms with E-state index in [0.717, 1.165) is 12.8 Å². The van der Waals surface area contributed by atoms with Gasteiger partial charge in [-0.2, -0.15) is 0 Å². The largest absolute Gasteiger partial charge is 0.391 e. The third-order valence-corrected chi connectivity index (χ3v) is 5.19. The lowest BCUT2D eigenvalue weighted by Crippen LogP contribution is -1.98. The van der Waals surface area contributed by atoms with E-state index in [-0.39, 0.29) is 6.42 Å². The SMILES string of the molecule is CCCCCCCCCCCCCCCCCC(=O)P(=O)(O)O. The summed E-state index contributed by atoms with van der Waals surface area (Å²) in [5.74, 6) is 0. The Morgan fingerprint density at radius 1 is 0.652 bits per heavy atom. The fourth-order valence-corrected chi connectivity index (χ4v) is 3.24. The predicted molar refractivity (Wildman–Crippen MR) is 96.6 cm³/mol. The molecule has 0 aromatic carbocycles. The summed E-state index contributed by atoms with van der Waals surface area (Å²) >= 11 is 0. The second kappa shape index (κ2) is 15.4. The molecule has 5 heteroatoms. The molecule has 0 atom stereocenters. The fraction of sp³-hybridized carbons (Fsp3) is 0.944. The van der Waals surface area contributed by atoms with Gasteiger partial charge in [-0.05, 0) is 6.42 Å². The van der Waals surface area contributed by atoms with Gasteiger partial charge in [-0.1, -0.05) is 96.8 Å². The Bertz CT molecular complexity index is 325. The Hall–Kier alpha value is -0.180. The van der Waals surface area contributed by atoms with Gasteiger partial charge >= 0.3 is 7.60 Å². The van der Waals surface area contributed by atoms with Gasteiger partial charge in [0.15, 0.2) is 0 Å². The lowest BCUT2D eigenvalue weighted by molar-refractivity contribution is -0.113. The van der Waals surface area contributed by atoms with Gasteiger partial charge in [0, 0.05) is 6.42 Å². The molecule has 0 unspecified atom stereocenters. The summed E-state index contributed by atoms with van der Waals surface area (Å²) in [5.41, 5.74) is -0.910. The minimum Gasteiger partial charge on any atom is -0.319 e. The van der Waals surface area contributed by atoms with Crippen LogP contribution >= 0.6 is 7.60 Å². The third-order valence-electron chi connectivity index (χ3n) is 4.32. The van der Waals surface area contributed by atoms with Crippen LogP contribution in [0.4, 0.5) is 0 Å². The summed E-state index contributed by atoms with van der Waals surface area (Å²) in [6.07, 6.45) is 18.6. The van der Waals surface area contributed by atoms with E-state index in [2.05, 4.69) is 6.92 Å². The number of carbonyl (C=O) groups is 1. The molecule has 0 spiro atoms. The van der Waals surface area contributed by atoms with Crippen molar-refractivity contribution < 1.29 is 19.1 Å². The molecule has 0 saturated heterocycles. The molecule has 0 amide bonds. The summed E-state index contributed by atoms with van der Waals surface area (Å²) < 4.78 is 10.7. The third kappa shape index (κ3) is 16.5. The van der Waals surface area contributed by atoms with Gasteiger partial charge in [-0.3, -0.25) is 9.36 Å². The molecule has 0 rings (SSSR count). The fourth-order valence-electron chi connectivity index (χ4n) is 2.79. The second-order valence-corrected chi connectivity index (χ2v) is 8.22. The lowest BCUT2D eigenvalue weighted by atomic mass is 10.0. The second-order valence-electron chi connectivity index (χ2n) is 6.64. The highest BCUT2D eigenvalue weighted by molar-refractivity contribution is 7.70. The molecule has 0 saturated carbocycles. The normalized spacial score (nSPS) is 11.8. The van der Waals surface area contributed by atoms with Crippen LogP contribution in [-0.2, 0) is 9.36 Å². The van der Waals surface area contributed by atoms with E-state index in [1.54, 1.807) is 0 Å². The first-order valence-corrected chi connectivity index (χ1v) is 11.2. The van der Waals surface area contributed by atoms with Crippen molar-refractivity contribution in [1.29, 1.82) is 0 Å². The van der Waals surface area contributed by atoms with E-state index in [1.807, 2.05) is 0 Å². The highest BCUT2D eigenvalue weighted by atomic mass is 31.2. The molecule has 23 heavy (non-hydrogen) atoms. The Morgan fingerprint density at radius 2 is 0.957 bits per heavy atom. The summed E-state index contributed by atoms with van der Waals surface area (Å²) in [6, 6.07) is 0. The maximum Gasteiger partial charge on any atom is 0.391 e. The zero-order valence-corrected chi connectivity index (χ0v) is 15.9. The van der Waals surface area contributed by atoms with Crippen molar-refractivity contribution in [1.82, 2.24) is 0 Å². The zero-order chi connectivity index (χ0) is 17.4. The highest BCUT2D eigenvalue weighted by Gasteiger charge is 2.24. The van der Waals surface area contributed by atoms with Crippen molar-refractivity contribution in [2.24, 2.45) is 0 Å². The summed E-state index contributed by atoms with van der Waals surface area (Å²) in [5, 5.41) is 0. The molecule has 138 valence electrons. The maximum atomic E-state index is 11.0. The number of carbonyl (C=O) groups excluding carboxylic acids is 1. The maximum absolute atomic E-state index is 11.0. The zero-order valence-electron chi connectivity index (χ0n) is 15.0. The van der Waals surface area contributed by atoms with Crippen LogP contribution in [0.15, 0.2) is 0 Å². The van der Waals surface area contributed by atoms with E-state index in [1.165, 1.54) is 77.0 Å². The molecule has 0 aliphatic rings. The van der Waals surface area contributed by atoms with Gasteiger partial charge in [0.05, 0.1) is 0 Å². The molecule has 0 radical (unpaired) electrons. The Morgan fingerprint density at radius 3 is 1.26 bits per heavy atom. The van der Waals surface area contributed by atoms with Crippen molar-refractivity contribution in [3.8, 4) is 0 Å². The van der Waals surface area contributed by atoms with E-state index >= 15 is 0 Å². The van der Waals surface area contributed by atoms with Gasteiger partial charge < -0.3 is 9.79 Å². The van der Waals surface area contributed by atoms with Crippen LogP contribution in [0.5, 0.6) is 0 Å². The van der Waals surface area contributed by atoms with E-state index in [0.29, 0.717) is 6.42 Å². The summed E-state index contributed by atoms with van der Waals surface area (Å²) in [6.45, 7) is 2.25. The highest BCUT2D eigenvalue weighted by Crippen LogP contribution is 2.37. The van der Waals surface area contributed by atoms with Gasteiger partial charge in [-0.25, -0.2) is 0 Å². The van der Waals surface area contributed by atoms with E-state index in [9.17, 15) is 9.36 Å². The molecule has 0 aliphatic heterocycles. The molecule has 0 aliphatic carbocycles. The number of hydrogen-bond acceptors (Lipinski definition) is 2. The summed E-state index contributed by atoms with van der Waals surface area (Å²) in [4.78, 5) is 28.4. The van der Waals surface area contributed by atoms with Gasteiger partial charge in [-0.15, -0.1) is 0 Å². The molecule has 0 fully saturated rings. The van der Waals surface area contributed by atoms with Crippen molar-refractivity contribution in [2.45, 2.75) is 110 Å². The van der Waals surface area contributed by atoms with Crippen LogP contribution in [0.1, 0.15) is 110 Å². The van der Waals surface area contributed by atoms with Crippen molar-refractivity contribution in [3.05, 3.63) is 0 Å². The quantitative estimate of drug-likeness (QED) is 0.251. The van der Waals surface area contributed by atoms with Crippen LogP contribution in [0, 0.1) is 0 Å². The smallest absolute Gasteiger partial charge is 0.319 e. The number of rotatable bonds is 17. The topological polar surface area (TPSA) is 74.6 Å². The average molecular weight is 348 g/mol. The van der Waals surface area contributed by atoms with Crippen LogP contribution in [0.2, 0.25) is 0 Å². The lowest BCUT2D eigenvalue weighted by Gasteiger charge is -2.04. The average Bonchev–Trinajstić information content (AvgIpc) is 2.50.